The molecule has 19 heavy (non-hydrogen) atoms. The van der Waals surface area contributed by atoms with Crippen LogP contribution in [0.4, 0.5) is 5.69 Å². The van der Waals surface area contributed by atoms with E-state index in [4.69, 9.17) is 40.1 Å². The van der Waals surface area contributed by atoms with E-state index in [9.17, 15) is 0 Å². The highest BCUT2D eigenvalue weighted by Crippen LogP contribution is 2.55. The molecule has 0 bridgehead atoms. The van der Waals surface area contributed by atoms with E-state index in [2.05, 4.69) is 4.67 Å². The topological polar surface area (TPSA) is 15.7 Å². The first-order valence-electron chi connectivity index (χ1n) is 5.92. The van der Waals surface area contributed by atoms with Gasteiger partial charge in [-0.1, -0.05) is 23.8 Å². The highest BCUT2D eigenvalue weighted by molar-refractivity contribution is 8.13. The summed E-state index contributed by atoms with van der Waals surface area (Å²) in [6.07, 6.45) is -1.49. The van der Waals surface area contributed by atoms with Crippen LogP contribution in [0.5, 0.6) is 0 Å². The summed E-state index contributed by atoms with van der Waals surface area (Å²) < 4.78 is 7.95. The van der Waals surface area contributed by atoms with Gasteiger partial charge < -0.3 is 14.1 Å². The third-order valence-corrected chi connectivity index (χ3v) is 7.80. The van der Waals surface area contributed by atoms with Crippen molar-refractivity contribution < 1.29 is 4.52 Å². The Kier molecular flexibility index (Phi) is 4.53. The Bertz CT molecular complexity index is 567. The molecular formula is C12H16ClN2OPS2. The Morgan fingerprint density at radius 2 is 2.11 bits per heavy atom. The van der Waals surface area contributed by atoms with E-state index >= 15 is 0 Å². The van der Waals surface area contributed by atoms with Gasteiger partial charge in [-0.25, -0.2) is 0 Å². The van der Waals surface area contributed by atoms with Crippen molar-refractivity contribution in [2.24, 2.45) is 0 Å². The molecule has 0 aliphatic carbocycles. The van der Waals surface area contributed by atoms with Gasteiger partial charge in [-0.05, 0) is 36.9 Å². The molecule has 1 aliphatic rings. The second-order valence-corrected chi connectivity index (χ2v) is 9.34. The van der Waals surface area contributed by atoms with Crippen LogP contribution in [0.15, 0.2) is 18.2 Å². The second kappa shape index (κ2) is 5.66. The maximum atomic E-state index is 6.08. The van der Waals surface area contributed by atoms with Crippen LogP contribution in [-0.2, 0) is 16.3 Å². The van der Waals surface area contributed by atoms with E-state index < -0.39 is 6.42 Å². The molecule has 1 heterocycles. The molecule has 0 fully saturated rings. The number of nitrogens with zero attached hydrogens (tertiary/aromatic N) is 2. The number of thiocarbonyl (C=S) groups is 1. The lowest BCUT2D eigenvalue weighted by Gasteiger charge is -2.33. The monoisotopic (exact) mass is 334 g/mol. The Hall–Kier alpha value is -0.190. The van der Waals surface area contributed by atoms with Gasteiger partial charge in [0.25, 0.3) is 0 Å². The van der Waals surface area contributed by atoms with Crippen molar-refractivity contribution in [3.8, 4) is 0 Å². The molecule has 0 spiro atoms. The third kappa shape index (κ3) is 2.81. The number of fused-ring (bicyclic) bond motifs is 1. The van der Waals surface area contributed by atoms with Crippen LogP contribution in [0.1, 0.15) is 12.5 Å². The van der Waals surface area contributed by atoms with Crippen molar-refractivity contribution >= 4 is 52.7 Å². The van der Waals surface area contributed by atoms with Gasteiger partial charge >= 0.3 is 0 Å². The summed E-state index contributed by atoms with van der Waals surface area (Å²) in [5.74, 6) is 0. The Morgan fingerprint density at radius 3 is 2.74 bits per heavy atom. The normalized spacial score (nSPS) is 23.3. The molecule has 0 amide bonds. The minimum absolute atomic E-state index is 0.602. The molecule has 1 aromatic rings. The quantitative estimate of drug-likeness (QED) is 0.603. The zero-order valence-electron chi connectivity index (χ0n) is 11.1. The molecule has 0 N–H and O–H groups in total. The average molecular weight is 335 g/mol. The lowest BCUT2D eigenvalue weighted by atomic mass is 10.1. The van der Waals surface area contributed by atoms with Crippen molar-refractivity contribution in [1.82, 2.24) is 4.90 Å². The molecule has 0 radical (unpaired) electrons. The Labute approximate surface area is 129 Å². The number of rotatable bonds is 2. The Morgan fingerprint density at radius 1 is 1.42 bits per heavy atom. The smallest absolute Gasteiger partial charge is 0.174 e. The second-order valence-electron chi connectivity index (χ2n) is 4.38. The number of halogens is 1. The van der Waals surface area contributed by atoms with Crippen molar-refractivity contribution in [3.63, 3.8) is 0 Å². The first-order chi connectivity index (χ1) is 8.89. The van der Waals surface area contributed by atoms with Crippen molar-refractivity contribution in [2.75, 3.05) is 31.7 Å². The summed E-state index contributed by atoms with van der Waals surface area (Å²) >= 11 is 17.4. The van der Waals surface area contributed by atoms with Crippen LogP contribution in [0.2, 0.25) is 5.02 Å². The minimum atomic E-state index is -2.13. The van der Waals surface area contributed by atoms with Gasteiger partial charge in [0.15, 0.2) is 6.42 Å². The van der Waals surface area contributed by atoms with Gasteiger partial charge in [0.05, 0.1) is 18.6 Å². The van der Waals surface area contributed by atoms with Gasteiger partial charge in [-0.15, -0.1) is 0 Å². The standard InChI is InChI=1S/C12H16ClN2OPS2/c1-4-16-17(19)8-14(2)12(18)10-7-9(13)5-6-11(10)15(17)3/h5-7H,4,8H2,1-3H3. The van der Waals surface area contributed by atoms with E-state index in [1.54, 1.807) is 0 Å². The van der Waals surface area contributed by atoms with Gasteiger partial charge in [0.2, 0.25) is 0 Å². The molecule has 1 unspecified atom stereocenters. The van der Waals surface area contributed by atoms with Crippen LogP contribution in [-0.4, -0.2) is 36.9 Å². The average Bonchev–Trinajstić information content (AvgIpc) is 2.42. The van der Waals surface area contributed by atoms with Crippen molar-refractivity contribution in [2.45, 2.75) is 6.92 Å². The van der Waals surface area contributed by atoms with Crippen molar-refractivity contribution in [3.05, 3.63) is 28.8 Å². The largest absolute Gasteiger partial charge is 0.356 e. The fourth-order valence-corrected chi connectivity index (χ4v) is 5.71. The maximum absolute atomic E-state index is 6.08. The molecular weight excluding hydrogens is 319 g/mol. The summed E-state index contributed by atoms with van der Waals surface area (Å²) in [5.41, 5.74) is 1.94. The predicted molar refractivity (Wildman–Crippen MR) is 90.1 cm³/mol. The SMILES string of the molecule is CCOP1(=S)CN(C)C(=S)c2cc(Cl)ccc2N1C. The number of anilines is 1. The zero-order valence-corrected chi connectivity index (χ0v) is 14.4. The minimum Gasteiger partial charge on any atom is -0.356 e. The first kappa shape index (κ1) is 15.2. The van der Waals surface area contributed by atoms with Crippen LogP contribution in [0.3, 0.4) is 0 Å². The number of hydrogen-bond donors (Lipinski definition) is 0. The molecule has 0 saturated heterocycles. The Balaban J connectivity index is 2.60. The summed E-state index contributed by atoms with van der Waals surface area (Å²) in [5, 5.41) is 0.675. The molecule has 2 rings (SSSR count). The molecule has 0 aromatic heterocycles. The summed E-state index contributed by atoms with van der Waals surface area (Å²) in [6.45, 7) is 2.57. The molecule has 1 aliphatic heterocycles. The lowest BCUT2D eigenvalue weighted by molar-refractivity contribution is 0.367. The van der Waals surface area contributed by atoms with Gasteiger partial charge in [0, 0.05) is 24.7 Å². The summed E-state index contributed by atoms with van der Waals surface area (Å²) in [6, 6.07) is 5.71. The molecule has 104 valence electrons. The van der Waals surface area contributed by atoms with Gasteiger partial charge in [0.1, 0.15) is 4.99 Å². The predicted octanol–water partition coefficient (Wildman–Crippen LogP) is 3.70. The van der Waals surface area contributed by atoms with E-state index in [0.29, 0.717) is 17.9 Å². The molecule has 0 saturated carbocycles. The van der Waals surface area contributed by atoms with E-state index in [0.717, 1.165) is 16.2 Å². The first-order valence-corrected chi connectivity index (χ1v) is 9.56. The van der Waals surface area contributed by atoms with Crippen LogP contribution in [0.25, 0.3) is 0 Å². The fourth-order valence-electron chi connectivity index (χ4n) is 2.09. The van der Waals surface area contributed by atoms with Crippen LogP contribution < -0.4 is 4.67 Å². The van der Waals surface area contributed by atoms with Gasteiger partial charge in [-0.3, -0.25) is 0 Å². The van der Waals surface area contributed by atoms with E-state index in [1.807, 2.05) is 44.1 Å². The summed E-state index contributed by atoms with van der Waals surface area (Å²) in [4.78, 5) is 2.75. The number of benzene rings is 1. The fraction of sp³-hybridized carbons (Fsp3) is 0.417. The zero-order chi connectivity index (χ0) is 14.2. The molecule has 3 nitrogen and oxygen atoms in total. The molecule has 1 aromatic carbocycles. The molecule has 1 atom stereocenters. The highest BCUT2D eigenvalue weighted by Gasteiger charge is 2.32. The van der Waals surface area contributed by atoms with Crippen LogP contribution >= 0.6 is 30.2 Å². The lowest BCUT2D eigenvalue weighted by Crippen LogP contribution is -2.26. The third-order valence-electron chi connectivity index (χ3n) is 3.06. The number of hydrogen-bond acceptors (Lipinski definition) is 3. The van der Waals surface area contributed by atoms with E-state index in [-0.39, 0.29) is 0 Å². The maximum Gasteiger partial charge on any atom is 0.174 e. The van der Waals surface area contributed by atoms with Gasteiger partial charge in [-0.2, -0.15) is 0 Å². The van der Waals surface area contributed by atoms with E-state index in [1.165, 1.54) is 0 Å². The molecule has 7 heteroatoms. The van der Waals surface area contributed by atoms with Crippen molar-refractivity contribution in [1.29, 1.82) is 0 Å². The highest BCUT2D eigenvalue weighted by atomic mass is 35.5. The summed E-state index contributed by atoms with van der Waals surface area (Å²) in [7, 11) is 3.93. The van der Waals surface area contributed by atoms with Crippen LogP contribution in [0, 0.1) is 0 Å².